The fourth-order valence-corrected chi connectivity index (χ4v) is 3.24. The molecule has 1 amide bonds. The van der Waals surface area contributed by atoms with E-state index in [0.29, 0.717) is 5.57 Å². The average Bonchev–Trinajstić information content (AvgIpc) is 3.26. The van der Waals surface area contributed by atoms with Crippen LogP contribution in [-0.4, -0.2) is 23.7 Å². The largest absolute Gasteiger partial charge is 0.497 e. The average molecular weight is 345 g/mol. The van der Waals surface area contributed by atoms with Gasteiger partial charge in [-0.2, -0.15) is 5.10 Å². The molecule has 1 unspecified atom stereocenters. The molecule has 26 heavy (non-hydrogen) atoms. The second kappa shape index (κ2) is 6.52. The van der Waals surface area contributed by atoms with Crippen LogP contribution in [0.2, 0.25) is 0 Å². The van der Waals surface area contributed by atoms with Gasteiger partial charge in [0.15, 0.2) is 0 Å². The summed E-state index contributed by atoms with van der Waals surface area (Å²) in [6, 6.07) is 15.9. The molecular weight excluding hydrogens is 326 g/mol. The van der Waals surface area contributed by atoms with Crippen molar-refractivity contribution in [1.82, 2.24) is 10.4 Å². The molecule has 0 fully saturated rings. The maximum Gasteiger partial charge on any atom is 0.273 e. The predicted octanol–water partition coefficient (Wildman–Crippen LogP) is 3.85. The Labute approximate surface area is 151 Å². The number of ether oxygens (including phenoxy) is 1. The molecule has 0 saturated heterocycles. The van der Waals surface area contributed by atoms with E-state index in [4.69, 9.17) is 4.74 Å². The van der Waals surface area contributed by atoms with Crippen LogP contribution < -0.4 is 10.2 Å². The number of hydrazone groups is 1. The molecule has 3 aromatic rings. The Morgan fingerprint density at radius 1 is 1.12 bits per heavy atom. The number of aromatic amines is 1. The van der Waals surface area contributed by atoms with Crippen LogP contribution in [0, 0.1) is 0 Å². The molecule has 1 aromatic heterocycles. The molecule has 2 aromatic carbocycles. The van der Waals surface area contributed by atoms with E-state index < -0.39 is 0 Å². The number of H-pyrrole nitrogens is 1. The normalized spacial score (nSPS) is 16.6. The summed E-state index contributed by atoms with van der Waals surface area (Å²) < 4.78 is 5.21. The molecule has 2 heterocycles. The lowest BCUT2D eigenvalue weighted by atomic mass is 9.90. The maximum atomic E-state index is 12.4. The van der Waals surface area contributed by atoms with E-state index in [9.17, 15) is 4.79 Å². The smallest absolute Gasteiger partial charge is 0.273 e. The molecule has 0 saturated carbocycles. The molecular formula is C21H19N3O2. The Morgan fingerprint density at radius 3 is 2.65 bits per heavy atom. The molecule has 1 atom stereocenters. The van der Waals surface area contributed by atoms with Crippen molar-refractivity contribution >= 4 is 28.6 Å². The van der Waals surface area contributed by atoms with Gasteiger partial charge in [-0.1, -0.05) is 37.3 Å². The summed E-state index contributed by atoms with van der Waals surface area (Å²) in [7, 11) is 1.64. The molecule has 5 heteroatoms. The van der Waals surface area contributed by atoms with Gasteiger partial charge in [-0.05, 0) is 29.8 Å². The second-order valence-corrected chi connectivity index (χ2v) is 6.28. The molecule has 4 rings (SSSR count). The number of carbonyl (C=O) groups excluding carboxylic acids is 1. The fraction of sp³-hybridized carbons (Fsp3) is 0.143. The second-order valence-electron chi connectivity index (χ2n) is 6.28. The number of aromatic nitrogens is 1. The predicted molar refractivity (Wildman–Crippen MR) is 103 cm³/mol. The number of hydrogen-bond donors (Lipinski definition) is 2. The van der Waals surface area contributed by atoms with Crippen molar-refractivity contribution in [2.24, 2.45) is 5.10 Å². The van der Waals surface area contributed by atoms with Crippen LogP contribution in [0.1, 0.15) is 24.0 Å². The zero-order chi connectivity index (χ0) is 18.1. The Kier molecular flexibility index (Phi) is 4.05. The van der Waals surface area contributed by atoms with Gasteiger partial charge in [0.25, 0.3) is 5.91 Å². The number of benzene rings is 2. The SMILES string of the molecule is COc1ccc(C(C)C2=NNC(=O)/C2=C\c2c[nH]c3ccccc23)cc1. The van der Waals surface area contributed by atoms with Crippen molar-refractivity contribution in [1.29, 1.82) is 0 Å². The Hall–Kier alpha value is -3.34. The number of amides is 1. The molecule has 2 N–H and O–H groups in total. The van der Waals surface area contributed by atoms with Crippen LogP contribution in [0.15, 0.2) is 65.4 Å². The molecule has 0 aliphatic carbocycles. The third-order valence-corrected chi connectivity index (χ3v) is 4.75. The van der Waals surface area contributed by atoms with Crippen molar-refractivity contribution in [2.75, 3.05) is 7.11 Å². The Morgan fingerprint density at radius 2 is 1.88 bits per heavy atom. The monoisotopic (exact) mass is 345 g/mol. The summed E-state index contributed by atoms with van der Waals surface area (Å²) in [6.07, 6.45) is 3.82. The van der Waals surface area contributed by atoms with E-state index in [1.54, 1.807) is 7.11 Å². The zero-order valence-electron chi connectivity index (χ0n) is 14.6. The Bertz CT molecular complexity index is 1030. The first-order valence-electron chi connectivity index (χ1n) is 8.47. The van der Waals surface area contributed by atoms with E-state index in [1.165, 1.54) is 0 Å². The number of nitrogens with one attached hydrogen (secondary N) is 2. The molecule has 5 nitrogen and oxygen atoms in total. The highest BCUT2D eigenvalue weighted by Crippen LogP contribution is 2.28. The van der Waals surface area contributed by atoms with E-state index in [-0.39, 0.29) is 11.8 Å². The van der Waals surface area contributed by atoms with Crippen molar-refractivity contribution in [2.45, 2.75) is 12.8 Å². The molecule has 0 spiro atoms. The van der Waals surface area contributed by atoms with Gasteiger partial charge in [0.1, 0.15) is 5.75 Å². The number of methoxy groups -OCH3 is 1. The number of carbonyl (C=O) groups is 1. The van der Waals surface area contributed by atoms with Crippen molar-refractivity contribution in [3.8, 4) is 5.75 Å². The third kappa shape index (κ3) is 2.77. The van der Waals surface area contributed by atoms with E-state index in [2.05, 4.69) is 15.5 Å². The van der Waals surface area contributed by atoms with Crippen molar-refractivity contribution in [3.05, 3.63) is 71.4 Å². The van der Waals surface area contributed by atoms with Gasteiger partial charge in [-0.15, -0.1) is 0 Å². The van der Waals surface area contributed by atoms with Crippen LogP contribution in [-0.2, 0) is 4.79 Å². The number of fused-ring (bicyclic) bond motifs is 1. The summed E-state index contributed by atoms with van der Waals surface area (Å²) in [6.45, 7) is 2.05. The van der Waals surface area contributed by atoms with Crippen LogP contribution in [0.5, 0.6) is 5.75 Å². The van der Waals surface area contributed by atoms with Gasteiger partial charge in [-0.25, -0.2) is 5.43 Å². The van der Waals surface area contributed by atoms with E-state index in [0.717, 1.165) is 33.5 Å². The number of hydrogen-bond acceptors (Lipinski definition) is 3. The first-order valence-corrected chi connectivity index (χ1v) is 8.47. The molecule has 0 radical (unpaired) electrons. The fourth-order valence-electron chi connectivity index (χ4n) is 3.24. The lowest BCUT2D eigenvalue weighted by Crippen LogP contribution is -2.15. The highest BCUT2D eigenvalue weighted by Gasteiger charge is 2.28. The molecule has 0 bridgehead atoms. The van der Waals surface area contributed by atoms with Gasteiger partial charge in [0, 0.05) is 28.6 Å². The summed E-state index contributed by atoms with van der Waals surface area (Å²) >= 11 is 0. The summed E-state index contributed by atoms with van der Waals surface area (Å²) in [5, 5.41) is 5.36. The molecule has 1 aliphatic rings. The van der Waals surface area contributed by atoms with E-state index in [1.807, 2.05) is 67.7 Å². The van der Waals surface area contributed by atoms with Crippen LogP contribution in [0.3, 0.4) is 0 Å². The standard InChI is InChI=1S/C21H19N3O2/c1-13(14-7-9-16(26-2)10-8-14)20-18(21(25)24-23-20)11-15-12-22-19-6-4-3-5-17(15)19/h3-13,22H,1-2H3,(H,24,25)/b18-11-. The summed E-state index contributed by atoms with van der Waals surface area (Å²) in [4.78, 5) is 15.6. The van der Waals surface area contributed by atoms with Crippen LogP contribution >= 0.6 is 0 Å². The summed E-state index contributed by atoms with van der Waals surface area (Å²) in [5.41, 5.74) is 7.03. The minimum Gasteiger partial charge on any atom is -0.497 e. The number of nitrogens with zero attached hydrogens (tertiary/aromatic N) is 1. The lowest BCUT2D eigenvalue weighted by molar-refractivity contribution is -0.116. The first kappa shape index (κ1) is 16.1. The minimum absolute atomic E-state index is 0.0173. The number of para-hydroxylation sites is 1. The highest BCUT2D eigenvalue weighted by molar-refractivity contribution is 6.29. The topological polar surface area (TPSA) is 66.5 Å². The zero-order valence-corrected chi connectivity index (χ0v) is 14.6. The van der Waals surface area contributed by atoms with Crippen LogP contribution in [0.25, 0.3) is 17.0 Å². The summed E-state index contributed by atoms with van der Waals surface area (Å²) in [5.74, 6) is 0.611. The van der Waals surface area contributed by atoms with Crippen molar-refractivity contribution in [3.63, 3.8) is 0 Å². The molecule has 1 aliphatic heterocycles. The lowest BCUT2D eigenvalue weighted by Gasteiger charge is -2.12. The maximum absolute atomic E-state index is 12.4. The first-order chi connectivity index (χ1) is 12.7. The third-order valence-electron chi connectivity index (χ3n) is 4.75. The van der Waals surface area contributed by atoms with Crippen molar-refractivity contribution < 1.29 is 9.53 Å². The van der Waals surface area contributed by atoms with Gasteiger partial charge in [-0.3, -0.25) is 4.79 Å². The minimum atomic E-state index is -0.175. The van der Waals surface area contributed by atoms with Gasteiger partial charge >= 0.3 is 0 Å². The quantitative estimate of drug-likeness (QED) is 0.705. The Balaban J connectivity index is 1.70. The number of rotatable bonds is 4. The van der Waals surface area contributed by atoms with E-state index >= 15 is 0 Å². The molecule has 130 valence electrons. The van der Waals surface area contributed by atoms with Gasteiger partial charge in [0.2, 0.25) is 0 Å². The van der Waals surface area contributed by atoms with Crippen LogP contribution in [0.4, 0.5) is 0 Å². The van der Waals surface area contributed by atoms with Gasteiger partial charge in [0.05, 0.1) is 18.4 Å². The van der Waals surface area contributed by atoms with Gasteiger partial charge < -0.3 is 9.72 Å². The highest BCUT2D eigenvalue weighted by atomic mass is 16.5.